The third kappa shape index (κ3) is 4.37. The van der Waals surface area contributed by atoms with Crippen molar-refractivity contribution in [2.45, 2.75) is 11.4 Å². The maximum absolute atomic E-state index is 10.9. The van der Waals surface area contributed by atoms with Crippen LogP contribution in [0.2, 0.25) is 0 Å². The quantitative estimate of drug-likeness (QED) is 0.677. The molecule has 2 aromatic rings. The molecule has 0 fully saturated rings. The van der Waals surface area contributed by atoms with E-state index in [2.05, 4.69) is 10.2 Å². The lowest BCUT2D eigenvalue weighted by Gasteiger charge is -2.11. The van der Waals surface area contributed by atoms with Crippen LogP contribution in [0.15, 0.2) is 63.7 Å². The van der Waals surface area contributed by atoms with Gasteiger partial charge < -0.3 is 4.90 Å². The molecule has 0 aliphatic rings. The molecule has 2 aromatic carbocycles. The highest BCUT2D eigenvalue weighted by Crippen LogP contribution is 2.19. The Bertz CT molecular complexity index is 752. The van der Waals surface area contributed by atoms with Crippen molar-refractivity contribution < 1.29 is 13.0 Å². The second kappa shape index (κ2) is 6.67. The topological polar surface area (TPSA) is 82.3 Å². The molecule has 0 radical (unpaired) electrons. The molecule has 116 valence electrons. The lowest BCUT2D eigenvalue weighted by atomic mass is 10.2. The van der Waals surface area contributed by atoms with E-state index in [0.29, 0.717) is 6.54 Å². The van der Waals surface area contributed by atoms with Crippen molar-refractivity contribution in [3.05, 3.63) is 54.1 Å². The normalized spacial score (nSPS) is 11.8. The molecule has 0 unspecified atom stereocenters. The van der Waals surface area contributed by atoms with Crippen LogP contribution in [0.1, 0.15) is 5.56 Å². The highest BCUT2D eigenvalue weighted by molar-refractivity contribution is 7.85. The molecule has 0 atom stereocenters. The number of benzene rings is 2. The van der Waals surface area contributed by atoms with E-state index in [1.54, 1.807) is 12.1 Å². The van der Waals surface area contributed by atoms with Crippen LogP contribution in [0.3, 0.4) is 0 Å². The van der Waals surface area contributed by atoms with Crippen molar-refractivity contribution in [3.63, 3.8) is 0 Å². The largest absolute Gasteiger partial charge is 0.378 e. The van der Waals surface area contributed by atoms with Gasteiger partial charge >= 0.3 is 0 Å². The lowest BCUT2D eigenvalue weighted by Crippen LogP contribution is -2.07. The summed E-state index contributed by atoms with van der Waals surface area (Å²) in [6.07, 6.45) is 0. The average Bonchev–Trinajstić information content (AvgIpc) is 2.47. The van der Waals surface area contributed by atoms with Crippen molar-refractivity contribution in [2.24, 2.45) is 10.2 Å². The van der Waals surface area contributed by atoms with Gasteiger partial charge in [-0.1, -0.05) is 12.1 Å². The maximum Gasteiger partial charge on any atom is 0.294 e. The molecule has 22 heavy (non-hydrogen) atoms. The fourth-order valence-electron chi connectivity index (χ4n) is 1.78. The first-order valence-corrected chi connectivity index (χ1v) is 8.01. The summed E-state index contributed by atoms with van der Waals surface area (Å²) in [5.41, 5.74) is 2.64. The highest BCUT2D eigenvalue weighted by atomic mass is 32.2. The predicted molar refractivity (Wildman–Crippen MR) is 85.2 cm³/mol. The summed E-state index contributed by atoms with van der Waals surface area (Å²) >= 11 is 0. The summed E-state index contributed by atoms with van der Waals surface area (Å²) < 4.78 is 30.8. The van der Waals surface area contributed by atoms with E-state index in [1.165, 1.54) is 12.1 Å². The van der Waals surface area contributed by atoms with Crippen LogP contribution in [0, 0.1) is 0 Å². The molecule has 0 aliphatic carbocycles. The summed E-state index contributed by atoms with van der Waals surface area (Å²) in [5.74, 6) is 0. The summed E-state index contributed by atoms with van der Waals surface area (Å²) in [5, 5.41) is 8.19. The Morgan fingerprint density at radius 2 is 1.59 bits per heavy atom. The van der Waals surface area contributed by atoms with Gasteiger partial charge in [0.2, 0.25) is 0 Å². The molecular weight excluding hydrogens is 302 g/mol. The Kier molecular flexibility index (Phi) is 4.89. The fraction of sp³-hybridized carbons (Fsp3) is 0.200. The van der Waals surface area contributed by atoms with Gasteiger partial charge in [0.05, 0.1) is 17.1 Å². The van der Waals surface area contributed by atoms with Gasteiger partial charge in [0.25, 0.3) is 10.1 Å². The zero-order valence-electron chi connectivity index (χ0n) is 12.3. The van der Waals surface area contributed by atoms with Crippen LogP contribution in [0.4, 0.5) is 11.4 Å². The van der Waals surface area contributed by atoms with Crippen LogP contribution >= 0.6 is 0 Å². The summed E-state index contributed by atoms with van der Waals surface area (Å²) in [6.45, 7) is 0.335. The van der Waals surface area contributed by atoms with Crippen molar-refractivity contribution in [2.75, 3.05) is 19.0 Å². The van der Waals surface area contributed by atoms with E-state index in [0.717, 1.165) is 16.9 Å². The van der Waals surface area contributed by atoms with Gasteiger partial charge in [-0.15, -0.1) is 0 Å². The van der Waals surface area contributed by atoms with Gasteiger partial charge in [-0.2, -0.15) is 18.6 Å². The van der Waals surface area contributed by atoms with Crippen LogP contribution < -0.4 is 4.90 Å². The summed E-state index contributed by atoms with van der Waals surface area (Å²) in [4.78, 5) is 1.87. The van der Waals surface area contributed by atoms with E-state index in [-0.39, 0.29) is 4.90 Å². The number of azo groups is 1. The van der Waals surface area contributed by atoms with Crippen LogP contribution in [-0.4, -0.2) is 27.1 Å². The fourth-order valence-corrected chi connectivity index (χ4v) is 2.26. The van der Waals surface area contributed by atoms with Gasteiger partial charge in [-0.05, 0) is 42.0 Å². The summed E-state index contributed by atoms with van der Waals surface area (Å²) in [7, 11) is -0.222. The minimum Gasteiger partial charge on any atom is -0.378 e. The number of nitrogens with zero attached hydrogens (tertiary/aromatic N) is 3. The molecule has 0 aliphatic heterocycles. The number of rotatable bonds is 5. The summed E-state index contributed by atoms with van der Waals surface area (Å²) in [6, 6.07) is 13.5. The maximum atomic E-state index is 10.9. The molecule has 2 rings (SSSR count). The molecule has 1 N–H and O–H groups in total. The van der Waals surface area contributed by atoms with Crippen molar-refractivity contribution in [3.8, 4) is 0 Å². The zero-order valence-corrected chi connectivity index (χ0v) is 13.2. The van der Waals surface area contributed by atoms with E-state index in [1.807, 2.05) is 43.3 Å². The first-order chi connectivity index (χ1) is 10.4. The molecular formula is C15H17N3O3S. The second-order valence-electron chi connectivity index (χ2n) is 4.93. The van der Waals surface area contributed by atoms with E-state index in [9.17, 15) is 8.42 Å². The Hall–Kier alpha value is -2.25. The molecule has 0 aromatic heterocycles. The predicted octanol–water partition coefficient (Wildman–Crippen LogP) is 3.28. The number of hydrogen-bond acceptors (Lipinski definition) is 5. The molecule has 0 spiro atoms. The zero-order chi connectivity index (χ0) is 16.2. The minimum absolute atomic E-state index is 0.132. The standard InChI is InChI=1S/C15H17N3O3S/c1-18(2)14-7-5-13(6-8-14)17-16-11-12-3-9-15(10-4-12)22(19,20)21/h3-10H,11H2,1-2H3,(H,19,20,21). The van der Waals surface area contributed by atoms with E-state index >= 15 is 0 Å². The molecule has 7 heteroatoms. The molecule has 0 amide bonds. The average molecular weight is 319 g/mol. The monoisotopic (exact) mass is 319 g/mol. The number of hydrogen-bond donors (Lipinski definition) is 1. The Labute approximate surface area is 129 Å². The molecule has 6 nitrogen and oxygen atoms in total. The van der Waals surface area contributed by atoms with Crippen molar-refractivity contribution >= 4 is 21.5 Å². The first-order valence-electron chi connectivity index (χ1n) is 6.57. The van der Waals surface area contributed by atoms with Crippen LogP contribution in [0.25, 0.3) is 0 Å². The molecule has 0 bridgehead atoms. The number of anilines is 1. The smallest absolute Gasteiger partial charge is 0.294 e. The van der Waals surface area contributed by atoms with Crippen LogP contribution in [-0.2, 0) is 16.7 Å². The minimum atomic E-state index is -4.15. The lowest BCUT2D eigenvalue weighted by molar-refractivity contribution is 0.483. The third-order valence-electron chi connectivity index (χ3n) is 3.03. The Morgan fingerprint density at radius 1 is 1.00 bits per heavy atom. The molecule has 0 saturated heterocycles. The van der Waals surface area contributed by atoms with Crippen molar-refractivity contribution in [1.82, 2.24) is 0 Å². The van der Waals surface area contributed by atoms with Gasteiger partial charge in [-0.25, -0.2) is 0 Å². The van der Waals surface area contributed by atoms with Gasteiger partial charge in [0.1, 0.15) is 0 Å². The van der Waals surface area contributed by atoms with Gasteiger partial charge in [-0.3, -0.25) is 4.55 Å². The third-order valence-corrected chi connectivity index (χ3v) is 3.89. The Balaban J connectivity index is 2.00. The Morgan fingerprint density at radius 3 is 2.09 bits per heavy atom. The first kappa shape index (κ1) is 16.1. The van der Waals surface area contributed by atoms with E-state index < -0.39 is 10.1 Å². The second-order valence-corrected chi connectivity index (χ2v) is 6.35. The SMILES string of the molecule is CN(C)c1ccc(N=NCc2ccc(S(=O)(=O)O)cc2)cc1. The van der Waals surface area contributed by atoms with E-state index in [4.69, 9.17) is 4.55 Å². The molecule has 0 heterocycles. The van der Waals surface area contributed by atoms with Crippen molar-refractivity contribution in [1.29, 1.82) is 0 Å². The van der Waals surface area contributed by atoms with Crippen LogP contribution in [0.5, 0.6) is 0 Å². The molecule has 0 saturated carbocycles. The van der Waals surface area contributed by atoms with Gasteiger partial charge in [0.15, 0.2) is 0 Å². The van der Waals surface area contributed by atoms with Gasteiger partial charge in [0, 0.05) is 19.8 Å². The highest BCUT2D eigenvalue weighted by Gasteiger charge is 2.07.